The molecule has 2 aromatic carbocycles. The Bertz CT molecular complexity index is 1190. The van der Waals surface area contributed by atoms with Gasteiger partial charge in [-0.25, -0.2) is 13.1 Å². The van der Waals surface area contributed by atoms with Crippen LogP contribution in [0, 0.1) is 5.92 Å². The molecule has 1 aromatic heterocycles. The molecule has 174 valence electrons. The highest BCUT2D eigenvalue weighted by Crippen LogP contribution is 2.27. The minimum Gasteiger partial charge on any atom is -0.325 e. The quantitative estimate of drug-likeness (QED) is 0.571. The first-order valence-electron chi connectivity index (χ1n) is 11.2. The lowest BCUT2D eigenvalue weighted by atomic mass is 9.97. The van der Waals surface area contributed by atoms with Crippen LogP contribution in [0.2, 0.25) is 0 Å². The van der Waals surface area contributed by atoms with E-state index in [-0.39, 0.29) is 17.3 Å². The molecule has 10 heteroatoms. The number of aryl methyl sites for hydroxylation is 2. The van der Waals surface area contributed by atoms with Gasteiger partial charge in [-0.3, -0.25) is 4.79 Å². The van der Waals surface area contributed by atoms with Gasteiger partial charge in [-0.2, -0.15) is 4.31 Å². The number of carbonyl (C=O) groups is 1. The largest absolute Gasteiger partial charge is 0.325 e. The van der Waals surface area contributed by atoms with Crippen LogP contribution in [0.25, 0.3) is 5.69 Å². The van der Waals surface area contributed by atoms with E-state index >= 15 is 0 Å². The molecule has 1 atom stereocenters. The number of sulfonamides is 1. The second-order valence-corrected chi connectivity index (χ2v) is 10.0. The fraction of sp³-hybridized carbons (Fsp3) is 0.391. The summed E-state index contributed by atoms with van der Waals surface area (Å²) >= 11 is 0. The monoisotopic (exact) mass is 468 g/mol. The van der Waals surface area contributed by atoms with E-state index in [4.69, 9.17) is 0 Å². The van der Waals surface area contributed by atoms with Gasteiger partial charge in [0.2, 0.25) is 15.9 Å². The maximum Gasteiger partial charge on any atom is 0.243 e. The Balaban J connectivity index is 1.49. The van der Waals surface area contributed by atoms with Gasteiger partial charge in [-0.05, 0) is 71.5 Å². The summed E-state index contributed by atoms with van der Waals surface area (Å²) in [6, 6.07) is 12.4. The van der Waals surface area contributed by atoms with Crippen LogP contribution in [0.4, 0.5) is 5.69 Å². The number of nitrogens with zero attached hydrogens (tertiary/aromatic N) is 5. The molecular weight excluding hydrogens is 440 g/mol. The van der Waals surface area contributed by atoms with E-state index < -0.39 is 15.9 Å². The standard InChI is InChI=1S/C23H28N6O3S/c1-3-17-7-5-8-18(4-2)22(17)25-23(30)19-9-6-14-28(15-19)33(31,32)21-12-10-20(11-13-21)29-16-24-26-27-29/h5,7-8,10-13,16,19H,3-4,6,9,14-15H2,1-2H3,(H,25,30)/t19-/m1/s1. The van der Waals surface area contributed by atoms with Crippen LogP contribution in [-0.4, -0.2) is 51.9 Å². The third-order valence-corrected chi connectivity index (χ3v) is 7.97. The molecule has 9 nitrogen and oxygen atoms in total. The zero-order valence-corrected chi connectivity index (χ0v) is 19.6. The first kappa shape index (κ1) is 23.1. The Morgan fingerprint density at radius 2 is 1.79 bits per heavy atom. The molecule has 1 N–H and O–H groups in total. The zero-order chi connectivity index (χ0) is 23.4. The molecule has 2 heterocycles. The van der Waals surface area contributed by atoms with E-state index in [0.717, 1.165) is 29.7 Å². The number of amides is 1. The van der Waals surface area contributed by atoms with Crippen molar-refractivity contribution in [2.24, 2.45) is 5.92 Å². The van der Waals surface area contributed by atoms with Crippen molar-refractivity contribution < 1.29 is 13.2 Å². The third-order valence-electron chi connectivity index (χ3n) is 6.09. The van der Waals surface area contributed by atoms with Crippen LogP contribution >= 0.6 is 0 Å². The second kappa shape index (κ2) is 9.80. The summed E-state index contributed by atoms with van der Waals surface area (Å²) in [6.07, 6.45) is 4.37. The van der Waals surface area contributed by atoms with Crippen LogP contribution in [0.1, 0.15) is 37.8 Å². The van der Waals surface area contributed by atoms with Crippen LogP contribution in [-0.2, 0) is 27.7 Å². The van der Waals surface area contributed by atoms with Crippen molar-refractivity contribution in [2.45, 2.75) is 44.4 Å². The maximum atomic E-state index is 13.3. The predicted molar refractivity (Wildman–Crippen MR) is 124 cm³/mol. The Morgan fingerprint density at radius 3 is 2.39 bits per heavy atom. The summed E-state index contributed by atoms with van der Waals surface area (Å²) in [7, 11) is -3.72. The van der Waals surface area contributed by atoms with E-state index in [9.17, 15) is 13.2 Å². The Hall–Kier alpha value is -3.11. The average molecular weight is 469 g/mol. The number of anilines is 1. The van der Waals surface area contributed by atoms with Crippen molar-refractivity contribution >= 4 is 21.6 Å². The zero-order valence-electron chi connectivity index (χ0n) is 18.8. The lowest BCUT2D eigenvalue weighted by molar-refractivity contribution is -0.120. The molecule has 1 amide bonds. The Morgan fingerprint density at radius 1 is 1.09 bits per heavy atom. The highest BCUT2D eigenvalue weighted by molar-refractivity contribution is 7.89. The molecule has 1 aliphatic rings. The van der Waals surface area contributed by atoms with E-state index in [1.54, 1.807) is 24.3 Å². The number of nitrogens with one attached hydrogen (secondary N) is 1. The van der Waals surface area contributed by atoms with Gasteiger partial charge in [0.15, 0.2) is 0 Å². The number of para-hydroxylation sites is 1. The highest BCUT2D eigenvalue weighted by atomic mass is 32.2. The van der Waals surface area contributed by atoms with Gasteiger partial charge in [0, 0.05) is 18.8 Å². The van der Waals surface area contributed by atoms with Crippen LogP contribution in [0.5, 0.6) is 0 Å². The van der Waals surface area contributed by atoms with E-state index in [1.165, 1.54) is 15.3 Å². The molecule has 1 saturated heterocycles. The number of carbonyl (C=O) groups excluding carboxylic acids is 1. The van der Waals surface area contributed by atoms with Gasteiger partial charge in [0.05, 0.1) is 16.5 Å². The molecule has 0 unspecified atom stereocenters. The van der Waals surface area contributed by atoms with Crippen molar-refractivity contribution in [3.63, 3.8) is 0 Å². The SMILES string of the molecule is CCc1cccc(CC)c1NC(=O)[C@@H]1CCCN(S(=O)(=O)c2ccc(-n3cnnn3)cc2)C1. The summed E-state index contributed by atoms with van der Waals surface area (Å²) in [5, 5.41) is 14.1. The van der Waals surface area contributed by atoms with Crippen molar-refractivity contribution in [1.82, 2.24) is 24.5 Å². The third kappa shape index (κ3) is 4.81. The normalized spacial score (nSPS) is 17.1. The summed E-state index contributed by atoms with van der Waals surface area (Å²) in [5.41, 5.74) is 3.71. The maximum absolute atomic E-state index is 13.3. The smallest absolute Gasteiger partial charge is 0.243 e. The summed E-state index contributed by atoms with van der Waals surface area (Å²) in [5.74, 6) is -0.525. The first-order chi connectivity index (χ1) is 15.9. The lowest BCUT2D eigenvalue weighted by Crippen LogP contribution is -2.43. The van der Waals surface area contributed by atoms with Crippen molar-refractivity contribution in [2.75, 3.05) is 18.4 Å². The van der Waals surface area contributed by atoms with Crippen LogP contribution < -0.4 is 5.32 Å². The van der Waals surface area contributed by atoms with Gasteiger partial charge in [-0.1, -0.05) is 32.0 Å². The fourth-order valence-electron chi connectivity index (χ4n) is 4.20. The summed E-state index contributed by atoms with van der Waals surface area (Å²) in [4.78, 5) is 13.3. The molecule has 3 aromatic rings. The molecule has 1 aliphatic heterocycles. The molecule has 0 spiro atoms. The Kier molecular flexibility index (Phi) is 6.85. The molecule has 0 bridgehead atoms. The number of piperidine rings is 1. The van der Waals surface area contributed by atoms with Gasteiger partial charge >= 0.3 is 0 Å². The van der Waals surface area contributed by atoms with Crippen molar-refractivity contribution in [3.05, 3.63) is 59.9 Å². The van der Waals surface area contributed by atoms with E-state index in [1.807, 2.05) is 18.2 Å². The fourth-order valence-corrected chi connectivity index (χ4v) is 5.73. The minimum absolute atomic E-state index is 0.125. The predicted octanol–water partition coefficient (Wildman–Crippen LogP) is 2.83. The first-order valence-corrected chi connectivity index (χ1v) is 12.6. The molecule has 0 radical (unpaired) electrons. The minimum atomic E-state index is -3.72. The molecule has 1 fully saturated rings. The van der Waals surface area contributed by atoms with Gasteiger partial charge in [0.25, 0.3) is 0 Å². The lowest BCUT2D eigenvalue weighted by Gasteiger charge is -2.31. The summed E-state index contributed by atoms with van der Waals surface area (Å²) in [6.45, 7) is 4.68. The number of rotatable bonds is 7. The summed E-state index contributed by atoms with van der Waals surface area (Å²) < 4.78 is 29.4. The van der Waals surface area contributed by atoms with Crippen molar-refractivity contribution in [3.8, 4) is 5.69 Å². The molecule has 0 aliphatic carbocycles. The van der Waals surface area contributed by atoms with Gasteiger partial charge < -0.3 is 5.32 Å². The van der Waals surface area contributed by atoms with Gasteiger partial charge in [0.1, 0.15) is 6.33 Å². The molecule has 33 heavy (non-hydrogen) atoms. The molecule has 0 saturated carbocycles. The average Bonchev–Trinajstić information content (AvgIpc) is 3.39. The molecular formula is C23H28N6O3S. The van der Waals surface area contributed by atoms with E-state index in [0.29, 0.717) is 25.1 Å². The topological polar surface area (TPSA) is 110 Å². The number of hydrogen-bond donors (Lipinski definition) is 1. The second-order valence-electron chi connectivity index (χ2n) is 8.10. The van der Waals surface area contributed by atoms with Crippen LogP contribution in [0.3, 0.4) is 0 Å². The number of hydrogen-bond acceptors (Lipinski definition) is 6. The number of tetrazole rings is 1. The number of aromatic nitrogens is 4. The Labute approximate surface area is 193 Å². The molecule has 4 rings (SSSR count). The van der Waals surface area contributed by atoms with Crippen LogP contribution in [0.15, 0.2) is 53.7 Å². The highest BCUT2D eigenvalue weighted by Gasteiger charge is 2.33. The van der Waals surface area contributed by atoms with Crippen molar-refractivity contribution in [1.29, 1.82) is 0 Å². The number of benzene rings is 2. The van der Waals surface area contributed by atoms with E-state index in [2.05, 4.69) is 34.7 Å². The van der Waals surface area contributed by atoms with Gasteiger partial charge in [-0.15, -0.1) is 5.10 Å².